The van der Waals surface area contributed by atoms with E-state index < -0.39 is 0 Å². The number of amides is 1. The summed E-state index contributed by atoms with van der Waals surface area (Å²) < 4.78 is 7.58. The number of benzene rings is 1. The summed E-state index contributed by atoms with van der Waals surface area (Å²) in [6, 6.07) is 9.88. The smallest absolute Gasteiger partial charge is 0.239 e. The zero-order chi connectivity index (χ0) is 17.6. The van der Waals surface area contributed by atoms with Crippen LogP contribution >= 0.6 is 0 Å². The molecule has 0 bridgehead atoms. The van der Waals surface area contributed by atoms with Gasteiger partial charge >= 0.3 is 0 Å². The summed E-state index contributed by atoms with van der Waals surface area (Å²) in [5.41, 5.74) is 1.14. The zero-order valence-electron chi connectivity index (χ0n) is 14.8. The lowest BCUT2D eigenvalue weighted by Crippen LogP contribution is -2.53. The molecule has 1 aromatic carbocycles. The number of hydrogen-bond donors (Lipinski definition) is 0. The van der Waals surface area contributed by atoms with Crippen molar-refractivity contribution >= 4 is 5.91 Å². The number of carbonyl (C=O) groups excluding carboxylic acids is 1. The second-order valence-electron chi connectivity index (χ2n) is 6.46. The molecule has 0 N–H and O–H groups in total. The Morgan fingerprint density at radius 3 is 2.92 bits per heavy atom. The molecule has 134 valence electrons. The van der Waals surface area contributed by atoms with Crippen LogP contribution in [0, 0.1) is 0 Å². The van der Waals surface area contributed by atoms with E-state index in [0.29, 0.717) is 26.2 Å². The number of hydrogen-bond acceptors (Lipinski definition) is 5. The molecule has 2 heterocycles. The SMILES string of the molecule is C[C@@H](C(=O)N(C)Cc1ccccc1)N1CCO[C@@H](Cn2cncn2)C1. The average Bonchev–Trinajstić information content (AvgIpc) is 3.14. The fraction of sp³-hybridized carbons (Fsp3) is 0.500. The first-order valence-corrected chi connectivity index (χ1v) is 8.60. The fourth-order valence-corrected chi connectivity index (χ4v) is 3.15. The molecule has 2 atom stereocenters. The highest BCUT2D eigenvalue weighted by Gasteiger charge is 2.29. The molecule has 25 heavy (non-hydrogen) atoms. The van der Waals surface area contributed by atoms with E-state index in [0.717, 1.165) is 12.1 Å². The molecule has 1 aliphatic rings. The van der Waals surface area contributed by atoms with Crippen LogP contribution in [0.25, 0.3) is 0 Å². The first-order valence-electron chi connectivity index (χ1n) is 8.60. The van der Waals surface area contributed by atoms with E-state index in [9.17, 15) is 4.79 Å². The number of rotatable bonds is 6. The Balaban J connectivity index is 1.55. The van der Waals surface area contributed by atoms with Crippen molar-refractivity contribution in [1.29, 1.82) is 0 Å². The van der Waals surface area contributed by atoms with Crippen LogP contribution in [0.1, 0.15) is 12.5 Å². The van der Waals surface area contributed by atoms with Gasteiger partial charge in [0.25, 0.3) is 0 Å². The molecule has 1 fully saturated rings. The van der Waals surface area contributed by atoms with E-state index in [2.05, 4.69) is 15.0 Å². The molecular formula is C18H25N5O2. The molecule has 1 saturated heterocycles. The second-order valence-corrected chi connectivity index (χ2v) is 6.46. The van der Waals surface area contributed by atoms with E-state index in [4.69, 9.17) is 4.74 Å². The predicted molar refractivity (Wildman–Crippen MR) is 93.7 cm³/mol. The summed E-state index contributed by atoms with van der Waals surface area (Å²) in [5, 5.41) is 4.12. The highest BCUT2D eigenvalue weighted by Crippen LogP contribution is 2.13. The summed E-state index contributed by atoms with van der Waals surface area (Å²) in [4.78, 5) is 20.7. The van der Waals surface area contributed by atoms with Crippen molar-refractivity contribution in [3.05, 3.63) is 48.5 Å². The van der Waals surface area contributed by atoms with E-state index in [1.165, 1.54) is 6.33 Å². The van der Waals surface area contributed by atoms with Gasteiger partial charge in [0.1, 0.15) is 12.7 Å². The van der Waals surface area contributed by atoms with Crippen molar-refractivity contribution in [3.8, 4) is 0 Å². The Hall–Kier alpha value is -2.25. The molecule has 0 aliphatic carbocycles. The van der Waals surface area contributed by atoms with Crippen LogP contribution < -0.4 is 0 Å². The van der Waals surface area contributed by atoms with Crippen LogP contribution in [0.4, 0.5) is 0 Å². The summed E-state index contributed by atoms with van der Waals surface area (Å²) in [5.74, 6) is 0.130. The standard InChI is InChI=1S/C18H25N5O2/c1-15(18(24)21(2)10-16-6-4-3-5-7-16)22-8-9-25-17(11-22)12-23-14-19-13-20-23/h3-7,13-15,17H,8-12H2,1-2H3/t15-,17+/m0/s1. The Morgan fingerprint density at radius 1 is 1.40 bits per heavy atom. The number of morpholine rings is 1. The molecule has 0 spiro atoms. The third-order valence-corrected chi connectivity index (χ3v) is 4.57. The molecule has 7 heteroatoms. The Bertz CT molecular complexity index is 661. The molecule has 1 aliphatic heterocycles. The van der Waals surface area contributed by atoms with Gasteiger partial charge in [-0.15, -0.1) is 0 Å². The van der Waals surface area contributed by atoms with Crippen LogP contribution in [0.2, 0.25) is 0 Å². The Morgan fingerprint density at radius 2 is 2.20 bits per heavy atom. The van der Waals surface area contributed by atoms with Gasteiger partial charge in [0.2, 0.25) is 5.91 Å². The van der Waals surface area contributed by atoms with Crippen molar-refractivity contribution in [1.82, 2.24) is 24.6 Å². The fourth-order valence-electron chi connectivity index (χ4n) is 3.15. The quantitative estimate of drug-likeness (QED) is 0.784. The monoisotopic (exact) mass is 343 g/mol. The molecular weight excluding hydrogens is 318 g/mol. The van der Waals surface area contributed by atoms with Gasteiger partial charge in [-0.25, -0.2) is 4.98 Å². The highest BCUT2D eigenvalue weighted by molar-refractivity contribution is 5.81. The number of nitrogens with zero attached hydrogens (tertiary/aromatic N) is 5. The summed E-state index contributed by atoms with van der Waals surface area (Å²) in [7, 11) is 1.86. The minimum absolute atomic E-state index is 0.0186. The van der Waals surface area contributed by atoms with E-state index in [1.807, 2.05) is 44.3 Å². The lowest BCUT2D eigenvalue weighted by molar-refractivity contribution is -0.139. The van der Waals surface area contributed by atoms with Crippen LogP contribution in [-0.2, 0) is 22.6 Å². The first-order chi connectivity index (χ1) is 12.1. The number of carbonyl (C=O) groups is 1. The Kier molecular flexibility index (Phi) is 5.78. The van der Waals surface area contributed by atoms with Crippen LogP contribution in [0.15, 0.2) is 43.0 Å². The highest BCUT2D eigenvalue weighted by atomic mass is 16.5. The van der Waals surface area contributed by atoms with Gasteiger partial charge < -0.3 is 9.64 Å². The van der Waals surface area contributed by atoms with E-state index in [1.54, 1.807) is 15.9 Å². The van der Waals surface area contributed by atoms with Gasteiger partial charge in [-0.1, -0.05) is 30.3 Å². The predicted octanol–water partition coefficient (Wildman–Crippen LogP) is 1.03. The topological polar surface area (TPSA) is 63.5 Å². The summed E-state index contributed by atoms with van der Waals surface area (Å²) >= 11 is 0. The van der Waals surface area contributed by atoms with Crippen molar-refractivity contribution in [2.45, 2.75) is 32.2 Å². The van der Waals surface area contributed by atoms with Crippen LogP contribution in [0.3, 0.4) is 0 Å². The van der Waals surface area contributed by atoms with E-state index >= 15 is 0 Å². The summed E-state index contributed by atoms with van der Waals surface area (Å²) in [6.45, 7) is 5.35. The molecule has 2 aromatic rings. The van der Waals surface area contributed by atoms with Crippen molar-refractivity contribution in [3.63, 3.8) is 0 Å². The maximum atomic E-state index is 12.8. The minimum Gasteiger partial charge on any atom is -0.374 e. The normalized spacial score (nSPS) is 19.5. The van der Waals surface area contributed by atoms with Gasteiger partial charge in [-0.2, -0.15) is 5.10 Å². The lowest BCUT2D eigenvalue weighted by atomic mass is 10.1. The van der Waals surface area contributed by atoms with Gasteiger partial charge in [-0.3, -0.25) is 14.4 Å². The third-order valence-electron chi connectivity index (χ3n) is 4.57. The molecule has 0 saturated carbocycles. The van der Waals surface area contributed by atoms with Crippen LogP contribution in [-0.4, -0.2) is 69.4 Å². The molecule has 7 nitrogen and oxygen atoms in total. The number of aromatic nitrogens is 3. The lowest BCUT2D eigenvalue weighted by Gasteiger charge is -2.37. The molecule has 3 rings (SSSR count). The van der Waals surface area contributed by atoms with Crippen LogP contribution in [0.5, 0.6) is 0 Å². The maximum Gasteiger partial charge on any atom is 0.239 e. The minimum atomic E-state index is -0.171. The third kappa shape index (κ3) is 4.64. The summed E-state index contributed by atoms with van der Waals surface area (Å²) in [6.07, 6.45) is 3.22. The first kappa shape index (κ1) is 17.6. The average molecular weight is 343 g/mol. The second kappa shape index (κ2) is 8.22. The molecule has 1 amide bonds. The van der Waals surface area contributed by atoms with Crippen molar-refractivity contribution in [2.24, 2.45) is 0 Å². The largest absolute Gasteiger partial charge is 0.374 e. The van der Waals surface area contributed by atoms with Gasteiger partial charge in [-0.05, 0) is 12.5 Å². The van der Waals surface area contributed by atoms with Crippen molar-refractivity contribution in [2.75, 3.05) is 26.7 Å². The van der Waals surface area contributed by atoms with Gasteiger partial charge in [0, 0.05) is 26.7 Å². The number of ether oxygens (including phenoxy) is 1. The Labute approximate surface area is 148 Å². The number of likely N-dealkylation sites (N-methyl/N-ethyl adjacent to an activating group) is 1. The van der Waals surface area contributed by atoms with Gasteiger partial charge in [0.05, 0.1) is 25.3 Å². The molecule has 0 radical (unpaired) electrons. The molecule has 1 aromatic heterocycles. The van der Waals surface area contributed by atoms with Gasteiger partial charge in [0.15, 0.2) is 0 Å². The van der Waals surface area contributed by atoms with Crippen molar-refractivity contribution < 1.29 is 9.53 Å². The molecule has 0 unspecified atom stereocenters. The van der Waals surface area contributed by atoms with E-state index in [-0.39, 0.29) is 18.1 Å². The maximum absolute atomic E-state index is 12.8. The zero-order valence-corrected chi connectivity index (χ0v) is 14.8.